The highest BCUT2D eigenvalue weighted by Gasteiger charge is 2.52. The van der Waals surface area contributed by atoms with Crippen LogP contribution in [0.4, 0.5) is 9.93 Å². The highest BCUT2D eigenvalue weighted by molar-refractivity contribution is 7.22. The van der Waals surface area contributed by atoms with Crippen molar-refractivity contribution in [1.29, 1.82) is 0 Å². The van der Waals surface area contributed by atoms with Gasteiger partial charge >= 0.3 is 6.03 Å². The molecule has 1 aliphatic heterocycles. The van der Waals surface area contributed by atoms with Crippen LogP contribution in [0.3, 0.4) is 0 Å². The largest absolute Gasteiger partial charge is 0.383 e. The average Bonchev–Trinajstić information content (AvgIpc) is 3.40. The maximum Gasteiger partial charge on any atom is 0.325 e. The molecule has 8 nitrogen and oxygen atoms in total. The van der Waals surface area contributed by atoms with E-state index in [-0.39, 0.29) is 24.8 Å². The Balaban J connectivity index is 1.47. The van der Waals surface area contributed by atoms with Crippen LogP contribution in [0.25, 0.3) is 10.2 Å². The van der Waals surface area contributed by atoms with E-state index in [0.29, 0.717) is 31.1 Å². The number of carbonyl (C=O) groups is 3. The topological polar surface area (TPSA) is 91.8 Å². The minimum atomic E-state index is -0.747. The van der Waals surface area contributed by atoms with Gasteiger partial charge in [-0.25, -0.2) is 9.78 Å². The number of aromatic nitrogens is 1. The van der Waals surface area contributed by atoms with Crippen molar-refractivity contribution in [2.75, 3.05) is 31.7 Å². The van der Waals surface area contributed by atoms with Crippen molar-refractivity contribution in [3.8, 4) is 0 Å². The van der Waals surface area contributed by atoms with E-state index >= 15 is 0 Å². The number of methoxy groups -OCH3 is 1. The van der Waals surface area contributed by atoms with Gasteiger partial charge in [-0.15, -0.1) is 0 Å². The molecular formula is C20H24N4O4S. The summed E-state index contributed by atoms with van der Waals surface area (Å²) in [6, 6.07) is 7.31. The van der Waals surface area contributed by atoms with Gasteiger partial charge in [-0.2, -0.15) is 0 Å². The van der Waals surface area contributed by atoms with Crippen LogP contribution in [0.5, 0.6) is 0 Å². The van der Waals surface area contributed by atoms with Crippen LogP contribution in [0, 0.1) is 0 Å². The molecule has 4 rings (SSSR count). The number of nitrogens with one attached hydrogen (secondary N) is 1. The van der Waals surface area contributed by atoms with Gasteiger partial charge in [-0.3, -0.25) is 19.4 Å². The molecule has 1 saturated carbocycles. The standard InChI is InChI=1S/C20H24N4O4S/c1-28-13-12-23(19-21-14-6-2-3-7-15(14)29-19)16(25)8-11-24-17(26)20(22-18(24)27)9-4-5-10-20/h2-3,6-7H,4-5,8-13H2,1H3,(H,22,27). The highest BCUT2D eigenvalue weighted by atomic mass is 32.1. The number of anilines is 1. The number of rotatable bonds is 7. The van der Waals surface area contributed by atoms with Crippen LogP contribution < -0.4 is 10.2 Å². The Morgan fingerprint density at radius 1 is 1.31 bits per heavy atom. The smallest absolute Gasteiger partial charge is 0.325 e. The third-order valence-electron chi connectivity index (χ3n) is 5.59. The summed E-state index contributed by atoms with van der Waals surface area (Å²) in [7, 11) is 1.58. The van der Waals surface area contributed by atoms with Crippen LogP contribution in [-0.2, 0) is 14.3 Å². The molecule has 0 radical (unpaired) electrons. The maximum atomic E-state index is 13.0. The van der Waals surface area contributed by atoms with Crippen molar-refractivity contribution in [1.82, 2.24) is 15.2 Å². The summed E-state index contributed by atoms with van der Waals surface area (Å²) >= 11 is 1.44. The Morgan fingerprint density at radius 2 is 2.07 bits per heavy atom. The number of amides is 4. The second-order valence-corrected chi connectivity index (χ2v) is 8.44. The molecule has 2 fully saturated rings. The van der Waals surface area contributed by atoms with Gasteiger partial charge in [0.05, 0.1) is 23.4 Å². The van der Waals surface area contributed by atoms with Crippen molar-refractivity contribution in [3.63, 3.8) is 0 Å². The van der Waals surface area contributed by atoms with Crippen molar-refractivity contribution >= 4 is 44.5 Å². The molecule has 0 bridgehead atoms. The third kappa shape index (κ3) is 3.72. The molecule has 9 heteroatoms. The van der Waals surface area contributed by atoms with Gasteiger partial charge in [0.25, 0.3) is 5.91 Å². The number of nitrogens with zero attached hydrogens (tertiary/aromatic N) is 3. The number of carbonyl (C=O) groups excluding carboxylic acids is 3. The van der Waals surface area contributed by atoms with Gasteiger partial charge < -0.3 is 10.1 Å². The first-order chi connectivity index (χ1) is 14.0. The van der Waals surface area contributed by atoms with E-state index in [1.165, 1.54) is 16.2 Å². The van der Waals surface area contributed by atoms with Gasteiger partial charge in [-0.05, 0) is 25.0 Å². The molecule has 2 aromatic rings. The number of fused-ring (bicyclic) bond motifs is 1. The monoisotopic (exact) mass is 416 g/mol. The van der Waals surface area contributed by atoms with Crippen molar-refractivity contribution in [2.24, 2.45) is 0 Å². The number of hydrogen-bond acceptors (Lipinski definition) is 6. The fourth-order valence-corrected chi connectivity index (χ4v) is 5.03. The first-order valence-corrected chi connectivity index (χ1v) is 10.6. The maximum absolute atomic E-state index is 13.0. The van der Waals surface area contributed by atoms with E-state index in [4.69, 9.17) is 4.74 Å². The van der Waals surface area contributed by atoms with Crippen LogP contribution in [-0.4, -0.2) is 60.1 Å². The molecule has 1 saturated heterocycles. The second-order valence-electron chi connectivity index (χ2n) is 7.43. The molecule has 1 aromatic heterocycles. The molecule has 1 spiro atoms. The van der Waals surface area contributed by atoms with E-state index in [1.54, 1.807) is 12.0 Å². The van der Waals surface area contributed by atoms with E-state index < -0.39 is 11.6 Å². The van der Waals surface area contributed by atoms with E-state index in [1.807, 2.05) is 24.3 Å². The molecule has 2 heterocycles. The summed E-state index contributed by atoms with van der Waals surface area (Å²) < 4.78 is 6.14. The van der Waals surface area contributed by atoms with Crippen molar-refractivity contribution in [2.45, 2.75) is 37.6 Å². The molecule has 2 aliphatic rings. The lowest BCUT2D eigenvalue weighted by atomic mass is 9.98. The number of para-hydroxylation sites is 1. The van der Waals surface area contributed by atoms with E-state index in [0.717, 1.165) is 23.1 Å². The van der Waals surface area contributed by atoms with Crippen molar-refractivity contribution in [3.05, 3.63) is 24.3 Å². The summed E-state index contributed by atoms with van der Waals surface area (Å²) in [5, 5.41) is 3.44. The summed E-state index contributed by atoms with van der Waals surface area (Å²) in [5.74, 6) is -0.384. The summed E-state index contributed by atoms with van der Waals surface area (Å²) in [5.41, 5.74) is 0.0862. The van der Waals surface area contributed by atoms with Crippen LogP contribution >= 0.6 is 11.3 Å². The lowest BCUT2D eigenvalue weighted by Crippen LogP contribution is -2.44. The van der Waals surface area contributed by atoms with E-state index in [9.17, 15) is 14.4 Å². The normalized spacial score (nSPS) is 18.0. The number of thiazole rings is 1. The molecule has 1 aromatic carbocycles. The number of ether oxygens (including phenoxy) is 1. The zero-order chi connectivity index (χ0) is 20.4. The molecule has 1 aliphatic carbocycles. The predicted octanol–water partition coefficient (Wildman–Crippen LogP) is 2.53. The Kier molecular flexibility index (Phi) is 5.51. The molecule has 4 amide bonds. The first kappa shape index (κ1) is 19.8. The SMILES string of the molecule is COCCN(C(=O)CCN1C(=O)NC2(CCCC2)C1=O)c1nc2ccccc2s1. The highest BCUT2D eigenvalue weighted by Crippen LogP contribution is 2.35. The lowest BCUT2D eigenvalue weighted by molar-refractivity contribution is -0.131. The van der Waals surface area contributed by atoms with E-state index in [2.05, 4.69) is 10.3 Å². The van der Waals surface area contributed by atoms with Crippen LogP contribution in [0.1, 0.15) is 32.1 Å². The molecule has 0 unspecified atom stereocenters. The fraction of sp³-hybridized carbons (Fsp3) is 0.500. The van der Waals surface area contributed by atoms with Gasteiger partial charge in [0.15, 0.2) is 5.13 Å². The quantitative estimate of drug-likeness (QED) is 0.701. The molecule has 29 heavy (non-hydrogen) atoms. The summed E-state index contributed by atoms with van der Waals surface area (Å²) in [6.45, 7) is 0.798. The Morgan fingerprint density at radius 3 is 2.79 bits per heavy atom. The second kappa shape index (κ2) is 8.08. The number of benzene rings is 1. The number of imide groups is 1. The van der Waals surface area contributed by atoms with Gasteiger partial charge in [-0.1, -0.05) is 36.3 Å². The fourth-order valence-electron chi connectivity index (χ4n) is 4.02. The Labute approximate surface area is 172 Å². The predicted molar refractivity (Wildman–Crippen MR) is 110 cm³/mol. The molecule has 154 valence electrons. The van der Waals surface area contributed by atoms with Gasteiger partial charge in [0.1, 0.15) is 5.54 Å². The minimum Gasteiger partial charge on any atom is -0.383 e. The molecular weight excluding hydrogens is 392 g/mol. The Bertz CT molecular complexity index is 904. The number of urea groups is 1. The zero-order valence-corrected chi connectivity index (χ0v) is 17.2. The first-order valence-electron chi connectivity index (χ1n) is 9.83. The summed E-state index contributed by atoms with van der Waals surface area (Å²) in [4.78, 5) is 45.4. The van der Waals surface area contributed by atoms with Crippen molar-refractivity contribution < 1.29 is 19.1 Å². The van der Waals surface area contributed by atoms with Crippen LogP contribution in [0.2, 0.25) is 0 Å². The third-order valence-corrected chi connectivity index (χ3v) is 6.65. The number of hydrogen-bond donors (Lipinski definition) is 1. The lowest BCUT2D eigenvalue weighted by Gasteiger charge is -2.22. The van der Waals surface area contributed by atoms with Gasteiger partial charge in [0.2, 0.25) is 5.91 Å². The minimum absolute atomic E-state index is 0.0505. The average molecular weight is 417 g/mol. The molecule has 1 N–H and O–H groups in total. The zero-order valence-electron chi connectivity index (χ0n) is 16.3. The summed E-state index contributed by atoms with van der Waals surface area (Å²) in [6.07, 6.45) is 3.26. The molecule has 0 atom stereocenters. The Hall–Kier alpha value is -2.52. The van der Waals surface area contributed by atoms with Gasteiger partial charge in [0, 0.05) is 20.1 Å². The van der Waals surface area contributed by atoms with Crippen LogP contribution in [0.15, 0.2) is 24.3 Å².